The minimum absolute atomic E-state index is 0.349. The number of ether oxygens (including phenoxy) is 1. The fourth-order valence-corrected chi connectivity index (χ4v) is 2.23. The third kappa shape index (κ3) is 2.84. The molecule has 88 valence electrons. The van der Waals surface area contributed by atoms with Crippen LogP contribution in [0.1, 0.15) is 18.1 Å². The average Bonchev–Trinajstić information content (AvgIpc) is 2.21. The Morgan fingerprint density at radius 2 is 2.19 bits per heavy atom. The number of nitrogens with one attached hydrogen (secondary N) is 1. The lowest BCUT2D eigenvalue weighted by atomic mass is 9.89. The van der Waals surface area contributed by atoms with E-state index < -0.39 is 0 Å². The van der Waals surface area contributed by atoms with Gasteiger partial charge in [-0.25, -0.2) is 0 Å². The molecule has 0 atom stereocenters. The summed E-state index contributed by atoms with van der Waals surface area (Å²) in [5, 5.41) is 3.49. The largest absolute Gasteiger partial charge is 0.380 e. The second kappa shape index (κ2) is 4.86. The first-order chi connectivity index (χ1) is 7.59. The highest BCUT2D eigenvalue weighted by Gasteiger charge is 2.32. The van der Waals surface area contributed by atoms with E-state index >= 15 is 0 Å². The van der Waals surface area contributed by atoms with Gasteiger partial charge < -0.3 is 10.1 Å². The Kier molecular flexibility index (Phi) is 3.67. The van der Waals surface area contributed by atoms with Crippen LogP contribution in [0.5, 0.6) is 0 Å². The van der Waals surface area contributed by atoms with Crippen LogP contribution in [0.15, 0.2) is 22.7 Å². The normalized spacial score (nSPS) is 18.2. The zero-order chi connectivity index (χ0) is 11.6. The summed E-state index contributed by atoms with van der Waals surface area (Å²) in [4.78, 5) is 0. The molecule has 1 heterocycles. The fourth-order valence-electron chi connectivity index (χ4n) is 1.81. The van der Waals surface area contributed by atoms with Crippen molar-refractivity contribution in [2.45, 2.75) is 20.4 Å². The number of rotatable bonds is 4. The van der Waals surface area contributed by atoms with E-state index in [2.05, 4.69) is 53.3 Å². The van der Waals surface area contributed by atoms with Crippen LogP contribution < -0.4 is 5.32 Å². The lowest BCUT2D eigenvalue weighted by Crippen LogP contribution is -2.47. The third-order valence-corrected chi connectivity index (χ3v) is 3.87. The first kappa shape index (κ1) is 12.1. The zero-order valence-corrected chi connectivity index (χ0v) is 11.4. The third-order valence-electron chi connectivity index (χ3n) is 3.02. The molecule has 0 aliphatic carbocycles. The van der Waals surface area contributed by atoms with Crippen molar-refractivity contribution in [2.24, 2.45) is 5.41 Å². The van der Waals surface area contributed by atoms with Crippen LogP contribution in [0.4, 0.5) is 0 Å². The summed E-state index contributed by atoms with van der Waals surface area (Å²) < 4.78 is 6.41. The molecule has 1 fully saturated rings. The summed E-state index contributed by atoms with van der Waals surface area (Å²) in [6.45, 7) is 8.09. The number of hydrogen-bond donors (Lipinski definition) is 1. The molecular formula is C13H18BrNO. The van der Waals surface area contributed by atoms with Gasteiger partial charge in [0.25, 0.3) is 0 Å². The molecule has 0 amide bonds. The van der Waals surface area contributed by atoms with Gasteiger partial charge in [0, 0.05) is 23.0 Å². The summed E-state index contributed by atoms with van der Waals surface area (Å²) in [5.41, 5.74) is 2.95. The second-order valence-electron chi connectivity index (χ2n) is 4.99. The van der Waals surface area contributed by atoms with Crippen LogP contribution in [0.25, 0.3) is 0 Å². The highest BCUT2D eigenvalue weighted by atomic mass is 79.9. The van der Waals surface area contributed by atoms with Crippen LogP contribution in [0, 0.1) is 12.3 Å². The van der Waals surface area contributed by atoms with Crippen molar-refractivity contribution in [1.82, 2.24) is 5.32 Å². The van der Waals surface area contributed by atoms with Gasteiger partial charge in [0.05, 0.1) is 13.2 Å². The van der Waals surface area contributed by atoms with Crippen LogP contribution in [-0.4, -0.2) is 19.8 Å². The average molecular weight is 284 g/mol. The fraction of sp³-hybridized carbons (Fsp3) is 0.538. The number of halogens is 1. The van der Waals surface area contributed by atoms with E-state index in [1.54, 1.807) is 0 Å². The van der Waals surface area contributed by atoms with E-state index in [-0.39, 0.29) is 0 Å². The monoisotopic (exact) mass is 283 g/mol. The topological polar surface area (TPSA) is 21.3 Å². The molecule has 0 spiro atoms. The Balaban J connectivity index is 1.83. The zero-order valence-electron chi connectivity index (χ0n) is 9.85. The molecule has 0 aromatic heterocycles. The summed E-state index contributed by atoms with van der Waals surface area (Å²) in [6, 6.07) is 6.50. The predicted octanol–water partition coefficient (Wildman–Crippen LogP) is 2.88. The summed E-state index contributed by atoms with van der Waals surface area (Å²) in [7, 11) is 0. The van der Waals surface area contributed by atoms with Crippen molar-refractivity contribution in [2.75, 3.05) is 19.8 Å². The van der Waals surface area contributed by atoms with Crippen LogP contribution >= 0.6 is 15.9 Å². The van der Waals surface area contributed by atoms with Gasteiger partial charge in [-0.2, -0.15) is 0 Å². The molecule has 0 bridgehead atoms. The number of hydrogen-bond acceptors (Lipinski definition) is 2. The van der Waals surface area contributed by atoms with Gasteiger partial charge in [-0.1, -0.05) is 35.0 Å². The molecule has 0 saturated carbocycles. The smallest absolute Gasteiger partial charge is 0.0554 e. The molecule has 1 aliphatic heterocycles. The van der Waals surface area contributed by atoms with Gasteiger partial charge in [0.2, 0.25) is 0 Å². The van der Waals surface area contributed by atoms with Crippen molar-refractivity contribution in [1.29, 1.82) is 0 Å². The predicted molar refractivity (Wildman–Crippen MR) is 69.5 cm³/mol. The Morgan fingerprint density at radius 3 is 2.75 bits per heavy atom. The first-order valence-electron chi connectivity index (χ1n) is 5.63. The van der Waals surface area contributed by atoms with Gasteiger partial charge >= 0.3 is 0 Å². The lowest BCUT2D eigenvalue weighted by molar-refractivity contribution is -0.0991. The summed E-state index contributed by atoms with van der Waals surface area (Å²) >= 11 is 3.55. The maximum Gasteiger partial charge on any atom is 0.0554 e. The van der Waals surface area contributed by atoms with Crippen LogP contribution in [-0.2, 0) is 11.3 Å². The summed E-state index contributed by atoms with van der Waals surface area (Å²) in [6.07, 6.45) is 0. The molecule has 0 unspecified atom stereocenters. The Hall–Kier alpha value is -0.380. The number of benzene rings is 1. The van der Waals surface area contributed by atoms with E-state index in [0.29, 0.717) is 5.41 Å². The number of aryl methyl sites for hydroxylation is 1. The molecule has 1 aromatic rings. The second-order valence-corrected chi connectivity index (χ2v) is 5.84. The van der Waals surface area contributed by atoms with Crippen molar-refractivity contribution in [3.05, 3.63) is 33.8 Å². The maximum absolute atomic E-state index is 5.23. The highest BCUT2D eigenvalue weighted by molar-refractivity contribution is 9.10. The molecule has 3 heteroatoms. The molecule has 1 saturated heterocycles. The van der Waals surface area contributed by atoms with E-state index in [4.69, 9.17) is 4.74 Å². The molecule has 0 radical (unpaired) electrons. The molecule has 16 heavy (non-hydrogen) atoms. The molecule has 1 N–H and O–H groups in total. The maximum atomic E-state index is 5.23. The quantitative estimate of drug-likeness (QED) is 0.918. The van der Waals surface area contributed by atoms with Crippen LogP contribution in [0.2, 0.25) is 0 Å². The molecule has 1 aromatic carbocycles. The van der Waals surface area contributed by atoms with Crippen molar-refractivity contribution >= 4 is 15.9 Å². The first-order valence-corrected chi connectivity index (χ1v) is 6.42. The van der Waals surface area contributed by atoms with Gasteiger partial charge in [-0.05, 0) is 24.1 Å². The van der Waals surface area contributed by atoms with Crippen LogP contribution in [0.3, 0.4) is 0 Å². The Bertz CT molecular complexity index is 374. The lowest BCUT2D eigenvalue weighted by Gasteiger charge is -2.38. The van der Waals surface area contributed by atoms with E-state index in [0.717, 1.165) is 26.3 Å². The van der Waals surface area contributed by atoms with Crippen molar-refractivity contribution in [3.63, 3.8) is 0 Å². The van der Waals surface area contributed by atoms with Gasteiger partial charge in [-0.3, -0.25) is 0 Å². The van der Waals surface area contributed by atoms with Gasteiger partial charge in [0.15, 0.2) is 0 Å². The Labute approximate surface area is 106 Å². The van der Waals surface area contributed by atoms with E-state index in [1.807, 2.05) is 0 Å². The standard InChI is InChI=1S/C13H18BrNO/c1-10-3-4-11(5-12(10)14)6-15-7-13(2)8-16-9-13/h3-5,15H,6-9H2,1-2H3. The SMILES string of the molecule is Cc1ccc(CNCC2(C)COC2)cc1Br. The molecule has 2 nitrogen and oxygen atoms in total. The minimum atomic E-state index is 0.349. The van der Waals surface area contributed by atoms with Gasteiger partial charge in [-0.15, -0.1) is 0 Å². The minimum Gasteiger partial charge on any atom is -0.380 e. The van der Waals surface area contributed by atoms with E-state index in [1.165, 1.54) is 15.6 Å². The molecule has 1 aliphatic rings. The highest BCUT2D eigenvalue weighted by Crippen LogP contribution is 2.25. The molecular weight excluding hydrogens is 266 g/mol. The van der Waals surface area contributed by atoms with Gasteiger partial charge in [0.1, 0.15) is 0 Å². The van der Waals surface area contributed by atoms with Crippen molar-refractivity contribution in [3.8, 4) is 0 Å². The summed E-state index contributed by atoms with van der Waals surface area (Å²) in [5.74, 6) is 0. The van der Waals surface area contributed by atoms with Crippen molar-refractivity contribution < 1.29 is 4.74 Å². The molecule has 2 rings (SSSR count). The Morgan fingerprint density at radius 1 is 1.44 bits per heavy atom. The van der Waals surface area contributed by atoms with E-state index in [9.17, 15) is 0 Å².